The van der Waals surface area contributed by atoms with Gasteiger partial charge in [0.2, 0.25) is 0 Å². The lowest BCUT2D eigenvalue weighted by Crippen LogP contribution is -2.15. The summed E-state index contributed by atoms with van der Waals surface area (Å²) < 4.78 is 21.0. The summed E-state index contributed by atoms with van der Waals surface area (Å²) in [5.41, 5.74) is 3.56. The van der Waals surface area contributed by atoms with E-state index in [9.17, 15) is 9.50 Å². The van der Waals surface area contributed by atoms with Crippen molar-refractivity contribution in [1.82, 2.24) is 0 Å². The molecule has 0 radical (unpaired) electrons. The lowest BCUT2D eigenvalue weighted by molar-refractivity contribution is 0.193. The van der Waals surface area contributed by atoms with Crippen molar-refractivity contribution in [2.45, 2.75) is 64.4 Å². The number of hydrogen-bond donors (Lipinski definition) is 1. The number of aliphatic hydroxyl groups is 1. The fourth-order valence-corrected chi connectivity index (χ4v) is 3.75. The maximum absolute atomic E-state index is 14.7. The van der Waals surface area contributed by atoms with E-state index in [0.29, 0.717) is 6.42 Å². The molecule has 0 atom stereocenters. The van der Waals surface area contributed by atoms with Gasteiger partial charge in [0.25, 0.3) is 0 Å². The Labute approximate surface area is 161 Å². The molecule has 27 heavy (non-hydrogen) atoms. The molecule has 2 nitrogen and oxygen atoms in total. The van der Waals surface area contributed by atoms with E-state index < -0.39 is 0 Å². The highest BCUT2D eigenvalue weighted by Crippen LogP contribution is 2.45. The molecule has 0 spiro atoms. The minimum absolute atomic E-state index is 0.119. The highest BCUT2D eigenvalue weighted by molar-refractivity contribution is 5.75. The molecular formula is C24H29FO2. The highest BCUT2D eigenvalue weighted by atomic mass is 19.1. The molecule has 3 heteroatoms. The van der Waals surface area contributed by atoms with Crippen LogP contribution in [0.2, 0.25) is 0 Å². The lowest BCUT2D eigenvalue weighted by atomic mass is 9.76. The molecule has 0 bridgehead atoms. The molecule has 2 aromatic carbocycles. The average molecular weight is 368 g/mol. The molecule has 0 unspecified atom stereocenters. The van der Waals surface area contributed by atoms with Gasteiger partial charge in [-0.15, -0.1) is 0 Å². The van der Waals surface area contributed by atoms with Gasteiger partial charge in [0.15, 0.2) is 0 Å². The Morgan fingerprint density at radius 3 is 2.52 bits per heavy atom. The van der Waals surface area contributed by atoms with Gasteiger partial charge >= 0.3 is 0 Å². The SMILES string of the molecule is C=C(O)Cc1ccc(OC(CC)CC)c(-c2cccc(F)c2C2CCC2)c1. The largest absolute Gasteiger partial charge is 0.513 e. The van der Waals surface area contributed by atoms with Crippen molar-refractivity contribution in [1.29, 1.82) is 0 Å². The normalized spacial score (nSPS) is 14.2. The Kier molecular flexibility index (Phi) is 6.20. The van der Waals surface area contributed by atoms with Crippen LogP contribution < -0.4 is 4.74 Å². The van der Waals surface area contributed by atoms with E-state index in [-0.39, 0.29) is 23.6 Å². The van der Waals surface area contributed by atoms with Gasteiger partial charge in [-0.25, -0.2) is 4.39 Å². The molecule has 1 fully saturated rings. The molecule has 1 aliphatic rings. The maximum atomic E-state index is 14.7. The van der Waals surface area contributed by atoms with Crippen LogP contribution in [0.1, 0.15) is 63.0 Å². The van der Waals surface area contributed by atoms with Gasteiger partial charge in [0, 0.05) is 12.0 Å². The summed E-state index contributed by atoms with van der Waals surface area (Å²) in [5, 5.41) is 9.61. The predicted molar refractivity (Wildman–Crippen MR) is 109 cm³/mol. The van der Waals surface area contributed by atoms with Gasteiger partial charge in [-0.05, 0) is 66.5 Å². The van der Waals surface area contributed by atoms with Crippen molar-refractivity contribution in [3.05, 3.63) is 65.7 Å². The van der Waals surface area contributed by atoms with Crippen LogP contribution in [0, 0.1) is 5.82 Å². The van der Waals surface area contributed by atoms with Crippen LogP contribution in [-0.2, 0) is 6.42 Å². The smallest absolute Gasteiger partial charge is 0.127 e. The molecule has 0 aromatic heterocycles. The summed E-state index contributed by atoms with van der Waals surface area (Å²) in [7, 11) is 0. The summed E-state index contributed by atoms with van der Waals surface area (Å²) >= 11 is 0. The fourth-order valence-electron chi connectivity index (χ4n) is 3.75. The van der Waals surface area contributed by atoms with E-state index >= 15 is 0 Å². The van der Waals surface area contributed by atoms with E-state index in [1.807, 2.05) is 24.3 Å². The number of aliphatic hydroxyl groups excluding tert-OH is 1. The van der Waals surface area contributed by atoms with Gasteiger partial charge in [-0.2, -0.15) is 0 Å². The van der Waals surface area contributed by atoms with Crippen LogP contribution in [0.4, 0.5) is 4.39 Å². The van der Waals surface area contributed by atoms with E-state index in [2.05, 4.69) is 20.4 Å². The van der Waals surface area contributed by atoms with E-state index in [1.165, 1.54) is 0 Å². The molecule has 0 aliphatic heterocycles. The zero-order chi connectivity index (χ0) is 19.4. The molecule has 1 aliphatic carbocycles. The zero-order valence-electron chi connectivity index (χ0n) is 16.3. The molecule has 0 heterocycles. The van der Waals surface area contributed by atoms with Crippen LogP contribution in [0.5, 0.6) is 5.75 Å². The molecular weight excluding hydrogens is 339 g/mol. The number of hydrogen-bond acceptors (Lipinski definition) is 2. The van der Waals surface area contributed by atoms with Crippen LogP contribution in [0.3, 0.4) is 0 Å². The van der Waals surface area contributed by atoms with Crippen molar-refractivity contribution >= 4 is 0 Å². The third-order valence-corrected chi connectivity index (χ3v) is 5.51. The first-order chi connectivity index (χ1) is 13.0. The fraction of sp³-hybridized carbons (Fsp3) is 0.417. The predicted octanol–water partition coefficient (Wildman–Crippen LogP) is 6.94. The standard InChI is InChI=1S/C24H29FO2/c1-4-19(5-2)27-23-13-12-17(14-16(3)26)15-21(23)20-10-7-11-22(25)24(20)18-8-6-9-18/h7,10-13,15,18-19,26H,3-6,8-9,14H2,1-2H3. The first-order valence-corrected chi connectivity index (χ1v) is 9.98. The molecule has 0 saturated heterocycles. The first-order valence-electron chi connectivity index (χ1n) is 9.98. The van der Waals surface area contributed by atoms with E-state index in [0.717, 1.165) is 60.1 Å². The topological polar surface area (TPSA) is 29.5 Å². The van der Waals surface area contributed by atoms with Gasteiger partial charge in [-0.1, -0.05) is 45.0 Å². The Morgan fingerprint density at radius 2 is 1.93 bits per heavy atom. The van der Waals surface area contributed by atoms with Gasteiger partial charge in [-0.3, -0.25) is 0 Å². The lowest BCUT2D eigenvalue weighted by Gasteiger charge is -2.29. The van der Waals surface area contributed by atoms with Crippen molar-refractivity contribution in [3.63, 3.8) is 0 Å². The van der Waals surface area contributed by atoms with E-state index in [1.54, 1.807) is 12.1 Å². The molecule has 0 amide bonds. The van der Waals surface area contributed by atoms with Gasteiger partial charge in [0.1, 0.15) is 11.6 Å². The Hall–Kier alpha value is -2.29. The van der Waals surface area contributed by atoms with Crippen molar-refractivity contribution < 1.29 is 14.2 Å². The summed E-state index contributed by atoms with van der Waals surface area (Å²) in [6, 6.07) is 11.2. The Balaban J connectivity index is 2.11. The molecule has 1 N–H and O–H groups in total. The summed E-state index contributed by atoms with van der Waals surface area (Å²) in [5.74, 6) is 1.04. The van der Waals surface area contributed by atoms with Crippen molar-refractivity contribution in [2.75, 3.05) is 0 Å². The first kappa shape index (κ1) is 19.5. The monoisotopic (exact) mass is 368 g/mol. The molecule has 3 rings (SSSR count). The van der Waals surface area contributed by atoms with Crippen molar-refractivity contribution in [3.8, 4) is 16.9 Å². The Bertz CT molecular complexity index is 804. The summed E-state index contributed by atoms with van der Waals surface area (Å²) in [6.45, 7) is 7.82. The zero-order valence-corrected chi connectivity index (χ0v) is 16.3. The van der Waals surface area contributed by atoms with Crippen LogP contribution >= 0.6 is 0 Å². The minimum Gasteiger partial charge on any atom is -0.513 e. The number of allylic oxidation sites excluding steroid dienone is 1. The maximum Gasteiger partial charge on any atom is 0.127 e. The van der Waals surface area contributed by atoms with Crippen LogP contribution in [0.15, 0.2) is 48.7 Å². The summed E-state index contributed by atoms with van der Waals surface area (Å²) in [4.78, 5) is 0. The van der Waals surface area contributed by atoms with Crippen LogP contribution in [0.25, 0.3) is 11.1 Å². The third kappa shape index (κ3) is 4.35. The van der Waals surface area contributed by atoms with E-state index in [4.69, 9.17) is 4.74 Å². The van der Waals surface area contributed by atoms with Crippen LogP contribution in [-0.4, -0.2) is 11.2 Å². The third-order valence-electron chi connectivity index (χ3n) is 5.51. The second kappa shape index (κ2) is 8.60. The second-order valence-corrected chi connectivity index (χ2v) is 7.46. The molecule has 2 aromatic rings. The van der Waals surface area contributed by atoms with Gasteiger partial charge < -0.3 is 9.84 Å². The van der Waals surface area contributed by atoms with Crippen molar-refractivity contribution in [2.24, 2.45) is 0 Å². The average Bonchev–Trinajstić information content (AvgIpc) is 2.60. The minimum atomic E-state index is -0.136. The van der Waals surface area contributed by atoms with Gasteiger partial charge in [0.05, 0.1) is 11.9 Å². The molecule has 144 valence electrons. The second-order valence-electron chi connectivity index (χ2n) is 7.46. The number of halogens is 1. The highest BCUT2D eigenvalue weighted by Gasteiger charge is 2.27. The Morgan fingerprint density at radius 1 is 1.19 bits per heavy atom. The number of rotatable bonds is 8. The number of benzene rings is 2. The summed E-state index contributed by atoms with van der Waals surface area (Å²) in [6.07, 6.45) is 5.57. The number of ether oxygens (including phenoxy) is 1. The molecule has 1 saturated carbocycles. The quantitative estimate of drug-likeness (QED) is 0.511.